The molecule has 2 aromatic carbocycles. The van der Waals surface area contributed by atoms with Crippen LogP contribution in [0.25, 0.3) is 11.3 Å². The highest BCUT2D eigenvalue weighted by Gasteiger charge is 2.26. The molecule has 13 heteroatoms. The van der Waals surface area contributed by atoms with E-state index in [1.54, 1.807) is 19.0 Å². The molecule has 0 spiro atoms. The van der Waals surface area contributed by atoms with E-state index < -0.39 is 49.4 Å². The van der Waals surface area contributed by atoms with Crippen molar-refractivity contribution in [2.24, 2.45) is 4.99 Å². The van der Waals surface area contributed by atoms with Crippen LogP contribution in [0, 0.1) is 23.3 Å². The van der Waals surface area contributed by atoms with Gasteiger partial charge in [0.1, 0.15) is 31.8 Å². The van der Waals surface area contributed by atoms with Crippen molar-refractivity contribution >= 4 is 54.4 Å². The number of sulfonamides is 1. The van der Waals surface area contributed by atoms with Gasteiger partial charge in [0.15, 0.2) is 5.82 Å². The molecule has 0 bridgehead atoms. The molecule has 0 radical (unpaired) electrons. The van der Waals surface area contributed by atoms with Crippen LogP contribution in [-0.2, 0) is 10.0 Å². The normalized spacial score (nSPS) is 11.8. The molecule has 0 saturated heterocycles. The first kappa shape index (κ1) is 23.2. The van der Waals surface area contributed by atoms with E-state index in [0.717, 1.165) is 29.5 Å². The van der Waals surface area contributed by atoms with Gasteiger partial charge in [-0.1, -0.05) is 11.3 Å². The number of nitrogens with one attached hydrogen (secondary N) is 1. The van der Waals surface area contributed by atoms with Crippen molar-refractivity contribution < 1.29 is 26.0 Å². The van der Waals surface area contributed by atoms with E-state index in [1.165, 1.54) is 6.34 Å². The van der Waals surface area contributed by atoms with Crippen molar-refractivity contribution in [3.8, 4) is 11.3 Å². The first-order chi connectivity index (χ1) is 14.5. The molecule has 6 nitrogen and oxygen atoms in total. The summed E-state index contributed by atoms with van der Waals surface area (Å²) in [6.45, 7) is 0. The maximum absolute atomic E-state index is 15.1. The number of hydrogen-bond acceptors (Lipinski definition) is 5. The van der Waals surface area contributed by atoms with Gasteiger partial charge in [-0.3, -0.25) is 4.72 Å². The zero-order chi connectivity index (χ0) is 22.9. The first-order valence-corrected chi connectivity index (χ1v) is 11.4. The summed E-state index contributed by atoms with van der Waals surface area (Å²) >= 11 is 4.18. The summed E-state index contributed by atoms with van der Waals surface area (Å²) in [5.74, 6) is -4.53. The quantitative estimate of drug-likeness (QED) is 0.268. The van der Waals surface area contributed by atoms with E-state index in [0.29, 0.717) is 12.1 Å². The summed E-state index contributed by atoms with van der Waals surface area (Å²) in [5, 5.41) is 0.196. The third-order valence-electron chi connectivity index (χ3n) is 3.73. The molecule has 0 saturated carbocycles. The lowest BCUT2D eigenvalue weighted by Gasteiger charge is -2.12. The van der Waals surface area contributed by atoms with Gasteiger partial charge >= 0.3 is 0 Å². The van der Waals surface area contributed by atoms with Gasteiger partial charge in [0.2, 0.25) is 5.13 Å². The Morgan fingerprint density at radius 2 is 1.81 bits per heavy atom. The third kappa shape index (κ3) is 5.05. The average Bonchev–Trinajstić information content (AvgIpc) is 3.05. The van der Waals surface area contributed by atoms with Crippen molar-refractivity contribution in [2.45, 2.75) is 4.90 Å². The van der Waals surface area contributed by atoms with E-state index in [1.807, 2.05) is 4.72 Å². The lowest BCUT2D eigenvalue weighted by atomic mass is 10.1. The van der Waals surface area contributed by atoms with Crippen LogP contribution in [0.1, 0.15) is 0 Å². The molecule has 31 heavy (non-hydrogen) atoms. The van der Waals surface area contributed by atoms with E-state index >= 15 is 4.39 Å². The number of rotatable bonds is 6. The average molecular weight is 537 g/mol. The molecule has 1 aromatic heterocycles. The highest BCUT2D eigenvalue weighted by atomic mass is 79.9. The molecule has 0 fully saturated rings. The fourth-order valence-electron chi connectivity index (χ4n) is 2.40. The largest absolute Gasteiger partial charge is 0.369 e. The summed E-state index contributed by atoms with van der Waals surface area (Å²) < 4.78 is 83.8. The molecule has 0 aliphatic carbocycles. The maximum Gasteiger partial charge on any atom is 0.265 e. The molecule has 0 unspecified atom stereocenters. The van der Waals surface area contributed by atoms with Crippen molar-refractivity contribution in [2.75, 3.05) is 18.8 Å². The summed E-state index contributed by atoms with van der Waals surface area (Å²) in [7, 11) is -1.26. The molecule has 0 aliphatic rings. The van der Waals surface area contributed by atoms with Crippen molar-refractivity contribution in [3.05, 3.63) is 57.4 Å². The van der Waals surface area contributed by atoms with Gasteiger partial charge in [-0.05, 0) is 46.3 Å². The van der Waals surface area contributed by atoms with Crippen LogP contribution >= 0.6 is 27.3 Å². The molecule has 0 aliphatic heterocycles. The Labute approximate surface area is 187 Å². The van der Waals surface area contributed by atoms with E-state index in [2.05, 4.69) is 25.9 Å². The van der Waals surface area contributed by atoms with E-state index in [4.69, 9.17) is 0 Å². The highest BCUT2D eigenvalue weighted by Crippen LogP contribution is 2.40. The molecule has 1 N–H and O–H groups in total. The second-order valence-electron chi connectivity index (χ2n) is 6.29. The number of anilines is 1. The number of hydrogen-bond donors (Lipinski definition) is 1. The molecule has 3 aromatic rings. The Morgan fingerprint density at radius 3 is 2.48 bits per heavy atom. The Balaban J connectivity index is 2.05. The lowest BCUT2D eigenvalue weighted by Crippen LogP contribution is -2.16. The van der Waals surface area contributed by atoms with Gasteiger partial charge in [-0.25, -0.2) is 36.0 Å². The van der Waals surface area contributed by atoms with Crippen LogP contribution in [0.4, 0.5) is 28.4 Å². The molecule has 0 atom stereocenters. The van der Waals surface area contributed by atoms with Gasteiger partial charge in [0.25, 0.3) is 10.0 Å². The van der Waals surface area contributed by atoms with E-state index in [-0.39, 0.29) is 14.6 Å². The number of halogens is 5. The number of aliphatic imine (C=N–C) groups is 1. The van der Waals surface area contributed by atoms with Crippen molar-refractivity contribution in [3.63, 3.8) is 0 Å². The number of benzene rings is 2. The van der Waals surface area contributed by atoms with Crippen LogP contribution < -0.4 is 4.72 Å². The predicted molar refractivity (Wildman–Crippen MR) is 114 cm³/mol. The minimum Gasteiger partial charge on any atom is -0.369 e. The van der Waals surface area contributed by atoms with Crippen molar-refractivity contribution in [1.29, 1.82) is 0 Å². The molecule has 3 rings (SSSR count). The van der Waals surface area contributed by atoms with Gasteiger partial charge in [0.05, 0.1) is 17.6 Å². The SMILES string of the molecule is CN(C)/C=N/c1nc(-c2c(F)ccc(NS(=O)(=O)c3cc(F)ccc3F)c2F)c(Br)s1. The number of nitrogens with zero attached hydrogens (tertiary/aromatic N) is 3. The minimum atomic E-state index is -4.71. The standard InChI is InChI=1S/C18H13BrF4N4O2S2/c1-27(2)8-24-18-25-16(17(19)30-18)14-11(22)5-6-12(15(14)23)26-31(28,29)13-7-9(20)3-4-10(13)21/h3-8,26H,1-2H3/b24-8+. The number of aromatic nitrogens is 1. The Morgan fingerprint density at radius 1 is 1.13 bits per heavy atom. The van der Waals surface area contributed by atoms with Gasteiger partial charge in [-0.15, -0.1) is 0 Å². The van der Waals surface area contributed by atoms with Crippen molar-refractivity contribution in [1.82, 2.24) is 9.88 Å². The fraction of sp³-hybridized carbons (Fsp3) is 0.111. The molecule has 1 heterocycles. The summed E-state index contributed by atoms with van der Waals surface area (Å²) in [6, 6.07) is 3.46. The Bertz CT molecular complexity index is 1280. The number of thiazole rings is 1. The summed E-state index contributed by atoms with van der Waals surface area (Å²) in [5.41, 5.74) is -1.42. The topological polar surface area (TPSA) is 74.7 Å². The maximum atomic E-state index is 15.1. The monoisotopic (exact) mass is 536 g/mol. The second-order valence-corrected chi connectivity index (χ2v) is 10.2. The molecular weight excluding hydrogens is 524 g/mol. The van der Waals surface area contributed by atoms with E-state index in [9.17, 15) is 21.6 Å². The van der Waals surface area contributed by atoms with Crippen LogP contribution in [-0.4, -0.2) is 38.7 Å². The van der Waals surface area contributed by atoms with Crippen LogP contribution in [0.5, 0.6) is 0 Å². The van der Waals surface area contributed by atoms with Crippen LogP contribution in [0.3, 0.4) is 0 Å². The van der Waals surface area contributed by atoms with Crippen LogP contribution in [0.15, 0.2) is 44.0 Å². The molecule has 164 valence electrons. The zero-order valence-electron chi connectivity index (χ0n) is 15.8. The first-order valence-electron chi connectivity index (χ1n) is 8.33. The Kier molecular flexibility index (Phi) is 6.67. The molecular formula is C18H13BrF4N4O2S2. The lowest BCUT2D eigenvalue weighted by molar-refractivity contribution is 0.554. The van der Waals surface area contributed by atoms with Gasteiger partial charge in [0, 0.05) is 14.1 Å². The highest BCUT2D eigenvalue weighted by molar-refractivity contribution is 9.11. The smallest absolute Gasteiger partial charge is 0.265 e. The predicted octanol–water partition coefficient (Wildman–Crippen LogP) is 5.15. The summed E-state index contributed by atoms with van der Waals surface area (Å²) in [4.78, 5) is 8.75. The minimum absolute atomic E-state index is 0.135. The molecule has 0 amide bonds. The fourth-order valence-corrected chi connectivity index (χ4v) is 4.91. The van der Waals surface area contributed by atoms with Gasteiger partial charge < -0.3 is 4.90 Å². The van der Waals surface area contributed by atoms with Gasteiger partial charge in [-0.2, -0.15) is 0 Å². The van der Waals surface area contributed by atoms with Crippen LogP contribution in [0.2, 0.25) is 0 Å². The second kappa shape index (κ2) is 8.93. The Hall–Kier alpha value is -2.51. The summed E-state index contributed by atoms with van der Waals surface area (Å²) in [6.07, 6.45) is 1.44. The zero-order valence-corrected chi connectivity index (χ0v) is 19.0. The third-order valence-corrected chi connectivity index (χ3v) is 6.72.